The van der Waals surface area contributed by atoms with E-state index in [1.807, 2.05) is 6.08 Å². The molecule has 2 aliphatic rings. The molecular formula is C16H21F3N2O. The number of nitrogens with zero attached hydrogens (tertiary/aromatic N) is 1. The molecule has 1 saturated carbocycles. The fourth-order valence-corrected chi connectivity index (χ4v) is 4.14. The molecule has 1 aromatic heterocycles. The highest BCUT2D eigenvalue weighted by atomic mass is 19.4. The number of aromatic nitrogens is 2. The van der Waals surface area contributed by atoms with Crippen LogP contribution in [-0.4, -0.2) is 21.9 Å². The molecule has 2 atom stereocenters. The minimum absolute atomic E-state index is 0.135. The van der Waals surface area contributed by atoms with Gasteiger partial charge < -0.3 is 5.11 Å². The van der Waals surface area contributed by atoms with E-state index in [1.165, 1.54) is 5.57 Å². The maximum absolute atomic E-state index is 13.1. The second kappa shape index (κ2) is 5.41. The van der Waals surface area contributed by atoms with E-state index in [2.05, 4.69) is 17.1 Å². The number of H-pyrrole nitrogens is 1. The van der Waals surface area contributed by atoms with Crippen LogP contribution in [0.2, 0.25) is 0 Å². The Morgan fingerprint density at radius 1 is 1.45 bits per heavy atom. The second-order valence-corrected chi connectivity index (χ2v) is 6.68. The first-order valence-corrected chi connectivity index (χ1v) is 7.82. The van der Waals surface area contributed by atoms with Gasteiger partial charge in [-0.25, -0.2) is 0 Å². The van der Waals surface area contributed by atoms with E-state index in [1.54, 1.807) is 0 Å². The molecule has 2 N–H and O–H groups in total. The van der Waals surface area contributed by atoms with Crippen molar-refractivity contribution >= 4 is 6.08 Å². The molecular weight excluding hydrogens is 293 g/mol. The molecule has 0 amide bonds. The number of aliphatic hydroxyl groups excluding tert-OH is 1. The molecule has 0 aromatic carbocycles. The van der Waals surface area contributed by atoms with E-state index in [0.29, 0.717) is 30.0 Å². The van der Waals surface area contributed by atoms with Crippen LogP contribution in [-0.2, 0) is 12.6 Å². The highest BCUT2D eigenvalue weighted by Crippen LogP contribution is 2.53. The highest BCUT2D eigenvalue weighted by molar-refractivity contribution is 5.60. The van der Waals surface area contributed by atoms with Gasteiger partial charge in [0.2, 0.25) is 0 Å². The Kier molecular flexibility index (Phi) is 3.83. The van der Waals surface area contributed by atoms with Crippen LogP contribution in [0.4, 0.5) is 13.2 Å². The first-order valence-electron chi connectivity index (χ1n) is 7.82. The predicted molar refractivity (Wildman–Crippen MR) is 77.0 cm³/mol. The van der Waals surface area contributed by atoms with Gasteiger partial charge in [0, 0.05) is 12.2 Å². The quantitative estimate of drug-likeness (QED) is 0.887. The maximum Gasteiger partial charge on any atom is 0.433 e. The largest absolute Gasteiger partial charge is 0.433 e. The van der Waals surface area contributed by atoms with Gasteiger partial charge in [-0.3, -0.25) is 5.10 Å². The molecule has 1 aromatic rings. The normalized spacial score (nSPS) is 28.0. The second-order valence-electron chi connectivity index (χ2n) is 6.68. The molecule has 0 aliphatic heterocycles. The molecule has 0 radical (unpaired) electrons. The van der Waals surface area contributed by atoms with Gasteiger partial charge in [0.1, 0.15) is 5.69 Å². The third kappa shape index (κ3) is 2.47. The van der Waals surface area contributed by atoms with Crippen LogP contribution in [0.5, 0.6) is 0 Å². The number of fused-ring (bicyclic) bond motifs is 2. The van der Waals surface area contributed by atoms with Crippen molar-refractivity contribution < 1.29 is 18.3 Å². The predicted octanol–water partition coefficient (Wildman–Crippen LogP) is 3.95. The zero-order chi connectivity index (χ0) is 16.0. The van der Waals surface area contributed by atoms with Crippen LogP contribution in [0, 0.1) is 11.3 Å². The molecule has 22 heavy (non-hydrogen) atoms. The third-order valence-corrected chi connectivity index (χ3v) is 5.38. The van der Waals surface area contributed by atoms with Gasteiger partial charge in [-0.05, 0) is 55.9 Å². The standard InChI is InChI=1S/C16H21F3N2O/c1-15-9-12-13(20-21-14(12)16(17,18)19)8-11(15)5-2-4-10(15)6-3-7-22/h8,10,22H,2-7,9H2,1H3,(H,20,21)/t10-,15-/m1/s1. The van der Waals surface area contributed by atoms with E-state index < -0.39 is 11.9 Å². The Labute approximate surface area is 127 Å². The number of rotatable bonds is 3. The number of allylic oxidation sites excluding steroid dienone is 1. The molecule has 2 aliphatic carbocycles. The summed E-state index contributed by atoms with van der Waals surface area (Å²) in [7, 11) is 0. The fourth-order valence-electron chi connectivity index (χ4n) is 4.14. The maximum atomic E-state index is 13.1. The van der Waals surface area contributed by atoms with Crippen molar-refractivity contribution in [3.8, 4) is 0 Å². The van der Waals surface area contributed by atoms with Gasteiger partial charge in [-0.1, -0.05) is 12.5 Å². The highest BCUT2D eigenvalue weighted by Gasteiger charge is 2.46. The lowest BCUT2D eigenvalue weighted by atomic mass is 9.58. The van der Waals surface area contributed by atoms with Gasteiger partial charge in [-0.15, -0.1) is 0 Å². The topological polar surface area (TPSA) is 48.9 Å². The summed E-state index contributed by atoms with van der Waals surface area (Å²) in [5.74, 6) is 0.323. The SMILES string of the molecule is C[C@]12Cc3c(n[nH]c3C(F)(F)F)C=C1CCC[C@@H]2CCCO. The van der Waals surface area contributed by atoms with Crippen LogP contribution in [0.25, 0.3) is 6.08 Å². The average Bonchev–Trinajstić information content (AvgIpc) is 2.84. The van der Waals surface area contributed by atoms with E-state index in [4.69, 9.17) is 5.11 Å². The number of aliphatic hydroxyl groups is 1. The van der Waals surface area contributed by atoms with Crippen LogP contribution >= 0.6 is 0 Å². The summed E-state index contributed by atoms with van der Waals surface area (Å²) in [6.07, 6.45) is 2.42. The Morgan fingerprint density at radius 2 is 2.23 bits per heavy atom. The van der Waals surface area contributed by atoms with Gasteiger partial charge >= 0.3 is 6.18 Å². The number of halogens is 3. The molecule has 122 valence electrons. The Bertz CT molecular complexity index is 591. The first-order chi connectivity index (χ1) is 10.4. The molecule has 0 unspecified atom stereocenters. The van der Waals surface area contributed by atoms with Crippen LogP contribution < -0.4 is 0 Å². The number of hydrogen-bond acceptors (Lipinski definition) is 2. The molecule has 3 rings (SSSR count). The minimum atomic E-state index is -4.39. The zero-order valence-corrected chi connectivity index (χ0v) is 12.6. The van der Waals surface area contributed by atoms with E-state index >= 15 is 0 Å². The number of aromatic amines is 1. The lowest BCUT2D eigenvalue weighted by molar-refractivity contribution is -0.142. The Morgan fingerprint density at radius 3 is 2.91 bits per heavy atom. The van der Waals surface area contributed by atoms with Crippen molar-refractivity contribution in [1.29, 1.82) is 0 Å². The molecule has 3 nitrogen and oxygen atoms in total. The monoisotopic (exact) mass is 314 g/mol. The van der Waals surface area contributed by atoms with Crippen LogP contribution in [0.3, 0.4) is 0 Å². The minimum Gasteiger partial charge on any atom is -0.396 e. The Hall–Kier alpha value is -1.30. The van der Waals surface area contributed by atoms with Gasteiger partial charge in [0.15, 0.2) is 0 Å². The lowest BCUT2D eigenvalue weighted by Crippen LogP contribution is -2.37. The average molecular weight is 314 g/mol. The Balaban J connectivity index is 1.98. The van der Waals surface area contributed by atoms with Crippen molar-refractivity contribution in [2.45, 2.75) is 51.6 Å². The van der Waals surface area contributed by atoms with Crippen molar-refractivity contribution in [3.05, 3.63) is 22.5 Å². The summed E-state index contributed by atoms with van der Waals surface area (Å²) in [6, 6.07) is 0. The molecule has 0 saturated heterocycles. The van der Waals surface area contributed by atoms with Crippen molar-refractivity contribution in [2.75, 3.05) is 6.61 Å². The number of nitrogens with one attached hydrogen (secondary N) is 1. The summed E-state index contributed by atoms with van der Waals surface area (Å²) in [5, 5.41) is 15.1. The molecule has 1 fully saturated rings. The van der Waals surface area contributed by atoms with E-state index in [-0.39, 0.29) is 12.0 Å². The summed E-state index contributed by atoms with van der Waals surface area (Å²) in [5.41, 5.74) is 1.02. The van der Waals surface area contributed by atoms with E-state index in [0.717, 1.165) is 25.7 Å². The molecule has 6 heteroatoms. The van der Waals surface area contributed by atoms with Gasteiger partial charge in [0.25, 0.3) is 0 Å². The zero-order valence-electron chi connectivity index (χ0n) is 12.6. The van der Waals surface area contributed by atoms with Crippen molar-refractivity contribution in [2.24, 2.45) is 11.3 Å². The van der Waals surface area contributed by atoms with Gasteiger partial charge in [0.05, 0.1) is 5.69 Å². The van der Waals surface area contributed by atoms with Crippen molar-refractivity contribution in [3.63, 3.8) is 0 Å². The molecule has 1 heterocycles. The van der Waals surface area contributed by atoms with Crippen molar-refractivity contribution in [1.82, 2.24) is 10.2 Å². The number of alkyl halides is 3. The summed E-state index contributed by atoms with van der Waals surface area (Å²) in [6.45, 7) is 2.21. The van der Waals surface area contributed by atoms with Crippen LogP contribution in [0.1, 0.15) is 56.0 Å². The van der Waals surface area contributed by atoms with Crippen LogP contribution in [0.15, 0.2) is 5.57 Å². The molecule has 0 bridgehead atoms. The molecule has 0 spiro atoms. The van der Waals surface area contributed by atoms with E-state index in [9.17, 15) is 13.2 Å². The number of hydrogen-bond donors (Lipinski definition) is 2. The summed E-state index contributed by atoms with van der Waals surface area (Å²) < 4.78 is 39.4. The van der Waals surface area contributed by atoms with Gasteiger partial charge in [-0.2, -0.15) is 18.3 Å². The lowest BCUT2D eigenvalue weighted by Gasteiger charge is -2.46. The first kappa shape index (κ1) is 15.6. The summed E-state index contributed by atoms with van der Waals surface area (Å²) in [4.78, 5) is 0. The third-order valence-electron chi connectivity index (χ3n) is 5.38. The fraction of sp³-hybridized carbons (Fsp3) is 0.688. The summed E-state index contributed by atoms with van der Waals surface area (Å²) >= 11 is 0. The smallest absolute Gasteiger partial charge is 0.396 e.